The molecule has 1 aromatic rings. The highest BCUT2D eigenvalue weighted by Crippen LogP contribution is 2.32. The fourth-order valence-corrected chi connectivity index (χ4v) is 1.65. The Kier molecular flexibility index (Phi) is 3.64. The average molecular weight is 221 g/mol. The number of phenols is 1. The van der Waals surface area contributed by atoms with Gasteiger partial charge in [0.1, 0.15) is 5.75 Å². The first-order valence-corrected chi connectivity index (χ1v) is 5.82. The van der Waals surface area contributed by atoms with Crippen LogP contribution >= 0.6 is 0 Å². The van der Waals surface area contributed by atoms with Crippen molar-refractivity contribution in [1.82, 2.24) is 0 Å². The first kappa shape index (κ1) is 13.0. The molecule has 1 unspecified atom stereocenters. The quantitative estimate of drug-likeness (QED) is 0.804. The van der Waals surface area contributed by atoms with Crippen molar-refractivity contribution in [2.24, 2.45) is 11.7 Å². The highest BCUT2D eigenvalue weighted by molar-refractivity contribution is 5.40. The van der Waals surface area contributed by atoms with E-state index in [1.165, 1.54) is 5.56 Å². The molecule has 0 spiro atoms. The van der Waals surface area contributed by atoms with E-state index in [1.807, 2.05) is 12.1 Å². The summed E-state index contributed by atoms with van der Waals surface area (Å²) in [5.74, 6) is 0.621. The Morgan fingerprint density at radius 3 is 2.19 bits per heavy atom. The third-order valence-corrected chi connectivity index (χ3v) is 2.97. The van der Waals surface area contributed by atoms with Gasteiger partial charge in [-0.05, 0) is 23.0 Å². The van der Waals surface area contributed by atoms with Gasteiger partial charge < -0.3 is 10.8 Å². The van der Waals surface area contributed by atoms with Crippen molar-refractivity contribution in [3.63, 3.8) is 0 Å². The lowest BCUT2D eigenvalue weighted by atomic mass is 9.84. The SMILES string of the molecule is CC(C)C(N)c1cc(C(C)(C)C)ccc1O. The zero-order valence-corrected chi connectivity index (χ0v) is 10.9. The van der Waals surface area contributed by atoms with Crippen LogP contribution in [0.3, 0.4) is 0 Å². The number of nitrogens with two attached hydrogens (primary N) is 1. The molecular formula is C14H23NO. The summed E-state index contributed by atoms with van der Waals surface area (Å²) in [4.78, 5) is 0. The second-order valence-corrected chi connectivity index (χ2v) is 5.79. The van der Waals surface area contributed by atoms with Gasteiger partial charge in [-0.15, -0.1) is 0 Å². The van der Waals surface area contributed by atoms with Crippen LogP contribution in [0.1, 0.15) is 51.8 Å². The van der Waals surface area contributed by atoms with Crippen LogP contribution < -0.4 is 5.73 Å². The van der Waals surface area contributed by atoms with Crippen LogP contribution in [0.25, 0.3) is 0 Å². The Labute approximate surface area is 98.5 Å². The second kappa shape index (κ2) is 4.46. The number of rotatable bonds is 2. The molecule has 3 N–H and O–H groups in total. The highest BCUT2D eigenvalue weighted by Gasteiger charge is 2.19. The average Bonchev–Trinajstić information content (AvgIpc) is 2.15. The van der Waals surface area contributed by atoms with Crippen molar-refractivity contribution >= 4 is 0 Å². The molecule has 0 saturated heterocycles. The van der Waals surface area contributed by atoms with Crippen molar-refractivity contribution in [2.45, 2.75) is 46.1 Å². The van der Waals surface area contributed by atoms with Crippen LogP contribution in [0.4, 0.5) is 0 Å². The van der Waals surface area contributed by atoms with Gasteiger partial charge in [0.25, 0.3) is 0 Å². The molecule has 2 heteroatoms. The molecule has 2 nitrogen and oxygen atoms in total. The smallest absolute Gasteiger partial charge is 0.120 e. The second-order valence-electron chi connectivity index (χ2n) is 5.79. The minimum absolute atomic E-state index is 0.0825. The van der Waals surface area contributed by atoms with Crippen molar-refractivity contribution in [1.29, 1.82) is 0 Å². The number of aromatic hydroxyl groups is 1. The molecule has 0 heterocycles. The molecule has 1 rings (SSSR count). The fourth-order valence-electron chi connectivity index (χ4n) is 1.65. The summed E-state index contributed by atoms with van der Waals surface area (Å²) < 4.78 is 0. The van der Waals surface area contributed by atoms with Crippen LogP contribution in [0.15, 0.2) is 18.2 Å². The first-order valence-electron chi connectivity index (χ1n) is 5.82. The Morgan fingerprint density at radius 2 is 1.75 bits per heavy atom. The summed E-state index contributed by atoms with van der Waals surface area (Å²) in [5.41, 5.74) is 8.23. The molecule has 0 aliphatic heterocycles. The number of hydrogen-bond donors (Lipinski definition) is 2. The van der Waals surface area contributed by atoms with Crippen molar-refractivity contribution in [3.8, 4) is 5.75 Å². The molecular weight excluding hydrogens is 198 g/mol. The molecule has 0 saturated carbocycles. The molecule has 0 radical (unpaired) electrons. The lowest BCUT2D eigenvalue weighted by Gasteiger charge is -2.23. The van der Waals surface area contributed by atoms with E-state index in [2.05, 4.69) is 34.6 Å². The summed E-state index contributed by atoms with van der Waals surface area (Å²) in [6.45, 7) is 10.6. The monoisotopic (exact) mass is 221 g/mol. The lowest BCUT2D eigenvalue weighted by Crippen LogP contribution is -2.18. The van der Waals surface area contributed by atoms with Gasteiger partial charge >= 0.3 is 0 Å². The van der Waals surface area contributed by atoms with E-state index in [1.54, 1.807) is 6.07 Å². The first-order chi connectivity index (χ1) is 7.23. The maximum absolute atomic E-state index is 9.84. The van der Waals surface area contributed by atoms with Crippen molar-refractivity contribution < 1.29 is 5.11 Å². The lowest BCUT2D eigenvalue weighted by molar-refractivity contribution is 0.438. The molecule has 0 fully saturated rings. The minimum Gasteiger partial charge on any atom is -0.508 e. The van der Waals surface area contributed by atoms with E-state index in [0.717, 1.165) is 5.56 Å². The van der Waals surface area contributed by atoms with Gasteiger partial charge in [-0.1, -0.05) is 46.8 Å². The minimum atomic E-state index is -0.109. The van der Waals surface area contributed by atoms with Gasteiger partial charge in [0.2, 0.25) is 0 Å². The highest BCUT2D eigenvalue weighted by atomic mass is 16.3. The molecule has 0 aromatic heterocycles. The normalized spacial score (nSPS) is 14.2. The van der Waals surface area contributed by atoms with Gasteiger partial charge in [0.05, 0.1) is 0 Å². The van der Waals surface area contributed by atoms with E-state index in [4.69, 9.17) is 5.73 Å². The Bertz CT molecular complexity index is 363. The number of benzene rings is 1. The van der Waals surface area contributed by atoms with Crippen LogP contribution in [-0.4, -0.2) is 5.11 Å². The molecule has 0 aliphatic rings. The topological polar surface area (TPSA) is 46.2 Å². The standard InChI is InChI=1S/C14H23NO/c1-9(2)13(15)11-8-10(14(3,4)5)6-7-12(11)16/h6-9,13,16H,15H2,1-5H3. The molecule has 16 heavy (non-hydrogen) atoms. The van der Waals surface area contributed by atoms with Crippen LogP contribution in [0.2, 0.25) is 0 Å². The molecule has 0 amide bonds. The van der Waals surface area contributed by atoms with Gasteiger partial charge in [-0.3, -0.25) is 0 Å². The third kappa shape index (κ3) is 2.76. The molecule has 1 atom stereocenters. The van der Waals surface area contributed by atoms with Gasteiger partial charge in [0, 0.05) is 11.6 Å². The van der Waals surface area contributed by atoms with E-state index in [0.29, 0.717) is 11.7 Å². The van der Waals surface area contributed by atoms with Crippen molar-refractivity contribution in [3.05, 3.63) is 29.3 Å². The van der Waals surface area contributed by atoms with E-state index in [-0.39, 0.29) is 11.5 Å². The van der Waals surface area contributed by atoms with E-state index in [9.17, 15) is 5.11 Å². The van der Waals surface area contributed by atoms with Crippen LogP contribution in [-0.2, 0) is 5.41 Å². The Hall–Kier alpha value is -1.02. The maximum atomic E-state index is 9.84. The third-order valence-electron chi connectivity index (χ3n) is 2.97. The zero-order valence-electron chi connectivity index (χ0n) is 10.9. The Morgan fingerprint density at radius 1 is 1.19 bits per heavy atom. The summed E-state index contributed by atoms with van der Waals surface area (Å²) in [5, 5.41) is 9.84. The Balaban J connectivity index is 3.19. The van der Waals surface area contributed by atoms with Crippen molar-refractivity contribution in [2.75, 3.05) is 0 Å². The predicted molar refractivity (Wildman–Crippen MR) is 68.6 cm³/mol. The van der Waals surface area contributed by atoms with E-state index >= 15 is 0 Å². The largest absolute Gasteiger partial charge is 0.508 e. The molecule has 1 aromatic carbocycles. The summed E-state index contributed by atoms with van der Waals surface area (Å²) >= 11 is 0. The number of phenolic OH excluding ortho intramolecular Hbond substituents is 1. The van der Waals surface area contributed by atoms with E-state index < -0.39 is 0 Å². The van der Waals surface area contributed by atoms with Gasteiger partial charge in [0.15, 0.2) is 0 Å². The van der Waals surface area contributed by atoms with Crippen LogP contribution in [0.5, 0.6) is 5.75 Å². The number of hydrogen-bond acceptors (Lipinski definition) is 2. The molecule has 0 aliphatic carbocycles. The maximum Gasteiger partial charge on any atom is 0.120 e. The summed E-state index contributed by atoms with van der Waals surface area (Å²) in [6.07, 6.45) is 0. The molecule has 0 bridgehead atoms. The predicted octanol–water partition coefficient (Wildman–Crippen LogP) is 3.35. The van der Waals surface area contributed by atoms with Crippen LogP contribution in [0, 0.1) is 5.92 Å². The fraction of sp³-hybridized carbons (Fsp3) is 0.571. The summed E-state index contributed by atoms with van der Waals surface area (Å²) in [7, 11) is 0. The van der Waals surface area contributed by atoms with Gasteiger partial charge in [-0.25, -0.2) is 0 Å². The molecule has 90 valence electrons. The zero-order chi connectivity index (χ0) is 12.5. The summed E-state index contributed by atoms with van der Waals surface area (Å²) in [6, 6.07) is 5.63. The van der Waals surface area contributed by atoms with Gasteiger partial charge in [-0.2, -0.15) is 0 Å².